The van der Waals surface area contributed by atoms with Gasteiger partial charge in [0.25, 0.3) is 11.4 Å². The minimum Gasteiger partial charge on any atom is -0.455 e. The van der Waals surface area contributed by atoms with Crippen molar-refractivity contribution in [2.75, 3.05) is 0 Å². The van der Waals surface area contributed by atoms with Gasteiger partial charge in [0.2, 0.25) is 5.82 Å². The summed E-state index contributed by atoms with van der Waals surface area (Å²) < 4.78 is 11.6. The predicted molar refractivity (Wildman–Crippen MR) is 105 cm³/mol. The summed E-state index contributed by atoms with van der Waals surface area (Å²) in [7, 11) is 1.54. The molecule has 4 aromatic rings. The Kier molecular flexibility index (Phi) is 5.09. The number of ether oxygens (including phenoxy) is 1. The van der Waals surface area contributed by atoms with Gasteiger partial charge in [-0.15, -0.1) is 0 Å². The minimum atomic E-state index is -0.529. The van der Waals surface area contributed by atoms with Crippen LogP contribution in [0.5, 0.6) is 0 Å². The van der Waals surface area contributed by atoms with Crippen molar-refractivity contribution in [3.05, 3.63) is 75.5 Å². The molecule has 0 atom stereocenters. The lowest BCUT2D eigenvalue weighted by atomic mass is 10.1. The highest BCUT2D eigenvalue weighted by atomic mass is 35.5. The van der Waals surface area contributed by atoms with Crippen LogP contribution in [0, 0.1) is 0 Å². The monoisotopic (exact) mass is 410 g/mol. The van der Waals surface area contributed by atoms with Crippen molar-refractivity contribution in [3.63, 3.8) is 0 Å². The van der Waals surface area contributed by atoms with Gasteiger partial charge in [-0.1, -0.05) is 47.1 Å². The van der Waals surface area contributed by atoms with Crippen molar-refractivity contribution < 1.29 is 14.1 Å². The molecule has 9 heteroatoms. The van der Waals surface area contributed by atoms with Crippen LogP contribution in [0.3, 0.4) is 0 Å². The molecule has 2 heterocycles. The lowest BCUT2D eigenvalue weighted by molar-refractivity contribution is -0.144. The average Bonchev–Trinajstić information content (AvgIpc) is 3.19. The SMILES string of the molecule is Cn1nc(CC(=O)OCc2nc(-c3ccccc3Cl)no2)c2ccccc2c1=O. The molecule has 0 radical (unpaired) electrons. The number of esters is 1. The van der Waals surface area contributed by atoms with Crippen LogP contribution in [0.15, 0.2) is 57.8 Å². The van der Waals surface area contributed by atoms with Crippen LogP contribution in [0.2, 0.25) is 5.02 Å². The van der Waals surface area contributed by atoms with Crippen LogP contribution in [0.1, 0.15) is 11.6 Å². The maximum atomic E-state index is 12.3. The number of fused-ring (bicyclic) bond motifs is 1. The van der Waals surface area contributed by atoms with Crippen molar-refractivity contribution in [1.29, 1.82) is 0 Å². The predicted octanol–water partition coefficient (Wildman–Crippen LogP) is 2.92. The molecule has 146 valence electrons. The van der Waals surface area contributed by atoms with Gasteiger partial charge >= 0.3 is 5.97 Å². The molecule has 4 rings (SSSR count). The minimum absolute atomic E-state index is 0.0971. The normalized spacial score (nSPS) is 11.0. The summed E-state index contributed by atoms with van der Waals surface area (Å²) in [5, 5.41) is 9.65. The van der Waals surface area contributed by atoms with Gasteiger partial charge in [0.1, 0.15) is 0 Å². The largest absolute Gasteiger partial charge is 0.455 e. The first-order chi connectivity index (χ1) is 14.0. The van der Waals surface area contributed by atoms with Gasteiger partial charge < -0.3 is 9.26 Å². The van der Waals surface area contributed by atoms with Crippen LogP contribution in [0.25, 0.3) is 22.2 Å². The number of carbonyl (C=O) groups is 1. The molecule has 0 unspecified atom stereocenters. The van der Waals surface area contributed by atoms with Gasteiger partial charge in [-0.25, -0.2) is 4.68 Å². The molecule has 0 aliphatic heterocycles. The second kappa shape index (κ2) is 7.84. The van der Waals surface area contributed by atoms with E-state index in [0.29, 0.717) is 32.9 Å². The zero-order valence-corrected chi connectivity index (χ0v) is 16.1. The third-order valence-corrected chi connectivity index (χ3v) is 4.61. The smallest absolute Gasteiger partial charge is 0.312 e. The summed E-state index contributed by atoms with van der Waals surface area (Å²) in [5.74, 6) is -0.0716. The van der Waals surface area contributed by atoms with Gasteiger partial charge in [-0.2, -0.15) is 10.1 Å². The number of carbonyl (C=O) groups excluding carboxylic acids is 1. The Hall–Kier alpha value is -3.52. The molecule has 0 N–H and O–H groups in total. The fourth-order valence-electron chi connectivity index (χ4n) is 2.90. The molecule has 0 bridgehead atoms. The summed E-state index contributed by atoms with van der Waals surface area (Å²) in [4.78, 5) is 28.7. The van der Waals surface area contributed by atoms with Gasteiger partial charge in [0, 0.05) is 18.0 Å². The lowest BCUT2D eigenvalue weighted by Crippen LogP contribution is -2.22. The topological polar surface area (TPSA) is 100 Å². The van der Waals surface area contributed by atoms with Gasteiger partial charge in [0.05, 0.1) is 22.5 Å². The van der Waals surface area contributed by atoms with Crippen LogP contribution in [-0.4, -0.2) is 25.9 Å². The number of hydrogen-bond acceptors (Lipinski definition) is 7. The Balaban J connectivity index is 1.47. The number of aryl methyl sites for hydroxylation is 1. The number of nitrogens with zero attached hydrogens (tertiary/aromatic N) is 4. The molecule has 8 nitrogen and oxygen atoms in total. The molecule has 0 fully saturated rings. The van der Waals surface area contributed by atoms with E-state index in [1.807, 2.05) is 6.07 Å². The van der Waals surface area contributed by atoms with Crippen LogP contribution in [0.4, 0.5) is 0 Å². The maximum absolute atomic E-state index is 12.3. The Bertz CT molecular complexity index is 1260. The maximum Gasteiger partial charge on any atom is 0.312 e. The van der Waals surface area contributed by atoms with E-state index in [2.05, 4.69) is 15.2 Å². The lowest BCUT2D eigenvalue weighted by Gasteiger charge is -2.07. The highest BCUT2D eigenvalue weighted by molar-refractivity contribution is 6.33. The van der Waals surface area contributed by atoms with Crippen molar-refractivity contribution in [2.45, 2.75) is 13.0 Å². The molecular weight excluding hydrogens is 396 g/mol. The van der Waals surface area contributed by atoms with E-state index in [1.54, 1.807) is 42.5 Å². The summed E-state index contributed by atoms with van der Waals surface area (Å²) in [5.41, 5.74) is 0.849. The number of aromatic nitrogens is 4. The summed E-state index contributed by atoms with van der Waals surface area (Å²) in [6, 6.07) is 14.1. The van der Waals surface area contributed by atoms with Gasteiger partial charge in [-0.3, -0.25) is 9.59 Å². The van der Waals surface area contributed by atoms with E-state index < -0.39 is 5.97 Å². The molecule has 0 amide bonds. The number of halogens is 1. The highest BCUT2D eigenvalue weighted by Crippen LogP contribution is 2.25. The molecule has 29 heavy (non-hydrogen) atoms. The van der Waals surface area contributed by atoms with Crippen molar-refractivity contribution >= 4 is 28.3 Å². The number of rotatable bonds is 5. The molecule has 0 saturated carbocycles. The molecule has 2 aromatic carbocycles. The van der Waals surface area contributed by atoms with Crippen LogP contribution < -0.4 is 5.56 Å². The quantitative estimate of drug-likeness (QED) is 0.466. The first-order valence-electron chi connectivity index (χ1n) is 8.71. The zero-order chi connectivity index (χ0) is 20.4. The first-order valence-corrected chi connectivity index (χ1v) is 9.09. The Morgan fingerprint density at radius 2 is 1.86 bits per heavy atom. The van der Waals surface area contributed by atoms with Gasteiger partial charge in [-0.05, 0) is 18.2 Å². The third kappa shape index (κ3) is 3.88. The molecular formula is C20H15ClN4O4. The molecule has 2 aromatic heterocycles. The fraction of sp³-hybridized carbons (Fsp3) is 0.150. The third-order valence-electron chi connectivity index (χ3n) is 4.28. The van der Waals surface area contributed by atoms with Crippen LogP contribution in [-0.2, 0) is 29.6 Å². The Morgan fingerprint density at radius 1 is 1.14 bits per heavy atom. The van der Waals surface area contributed by atoms with E-state index in [-0.39, 0.29) is 24.5 Å². The van der Waals surface area contributed by atoms with E-state index in [4.69, 9.17) is 20.9 Å². The second-order valence-electron chi connectivity index (χ2n) is 6.25. The van der Waals surface area contributed by atoms with Crippen molar-refractivity contribution in [3.8, 4) is 11.4 Å². The first kappa shape index (κ1) is 18.8. The summed E-state index contributed by atoms with van der Waals surface area (Å²) in [6.45, 7) is -0.181. The fourth-order valence-corrected chi connectivity index (χ4v) is 3.12. The zero-order valence-electron chi connectivity index (χ0n) is 15.3. The number of hydrogen-bond donors (Lipinski definition) is 0. The summed E-state index contributed by atoms with van der Waals surface area (Å²) >= 11 is 6.12. The highest BCUT2D eigenvalue weighted by Gasteiger charge is 2.16. The van der Waals surface area contributed by atoms with E-state index in [9.17, 15) is 9.59 Å². The van der Waals surface area contributed by atoms with E-state index >= 15 is 0 Å². The molecule has 0 saturated heterocycles. The van der Waals surface area contributed by atoms with E-state index in [1.165, 1.54) is 11.7 Å². The average molecular weight is 411 g/mol. The van der Waals surface area contributed by atoms with E-state index in [0.717, 1.165) is 0 Å². The Morgan fingerprint density at radius 3 is 2.66 bits per heavy atom. The standard InChI is InChI=1S/C20H15ClN4O4/c1-25-20(27)13-7-3-2-6-12(13)16(23-25)10-18(26)28-11-17-22-19(24-29-17)14-8-4-5-9-15(14)21/h2-9H,10-11H2,1H3. The molecule has 0 spiro atoms. The van der Waals surface area contributed by atoms with Crippen LogP contribution >= 0.6 is 11.6 Å². The summed E-state index contributed by atoms with van der Waals surface area (Å²) in [6.07, 6.45) is -0.0971. The Labute approximate surface area is 169 Å². The second-order valence-corrected chi connectivity index (χ2v) is 6.66. The van der Waals surface area contributed by atoms with Crippen molar-refractivity contribution in [2.24, 2.45) is 7.05 Å². The molecule has 0 aliphatic carbocycles. The van der Waals surface area contributed by atoms with Crippen molar-refractivity contribution in [1.82, 2.24) is 19.9 Å². The van der Waals surface area contributed by atoms with Gasteiger partial charge in [0.15, 0.2) is 6.61 Å². The molecule has 0 aliphatic rings. The number of benzene rings is 2.